The zero-order chi connectivity index (χ0) is 11.7. The van der Waals surface area contributed by atoms with E-state index in [0.29, 0.717) is 22.9 Å². The molecular weight excluding hydrogens is 226 g/mol. The van der Waals surface area contributed by atoms with Crippen molar-refractivity contribution in [1.29, 1.82) is 0 Å². The van der Waals surface area contributed by atoms with E-state index in [1.54, 1.807) is 13.4 Å². The van der Waals surface area contributed by atoms with Crippen molar-refractivity contribution < 1.29 is 9.15 Å². The van der Waals surface area contributed by atoms with E-state index in [1.165, 1.54) is 0 Å². The highest BCUT2D eigenvalue weighted by Crippen LogP contribution is 2.39. The van der Waals surface area contributed by atoms with Gasteiger partial charge in [-0.25, -0.2) is 0 Å². The second kappa shape index (κ2) is 4.36. The summed E-state index contributed by atoms with van der Waals surface area (Å²) in [7, 11) is 1.60. The van der Waals surface area contributed by atoms with Crippen molar-refractivity contribution in [2.45, 2.75) is 12.8 Å². The molecule has 3 nitrogen and oxygen atoms in total. The van der Waals surface area contributed by atoms with Gasteiger partial charge in [0, 0.05) is 10.9 Å². The van der Waals surface area contributed by atoms with Crippen LogP contribution in [0.5, 0.6) is 5.75 Å². The highest BCUT2D eigenvalue weighted by atomic mass is 35.5. The maximum Gasteiger partial charge on any atom is 0.156 e. The van der Waals surface area contributed by atoms with Crippen LogP contribution >= 0.6 is 11.6 Å². The molecule has 1 aromatic heterocycles. The number of fused-ring (bicyclic) bond motifs is 1. The number of hydrogen-bond donors (Lipinski definition) is 1. The Bertz CT molecular complexity index is 507. The molecule has 0 aliphatic rings. The van der Waals surface area contributed by atoms with E-state index in [9.17, 15) is 0 Å². The average molecular weight is 240 g/mol. The Labute approximate surface area is 99.1 Å². The second-order valence-corrected chi connectivity index (χ2v) is 4.17. The van der Waals surface area contributed by atoms with Crippen LogP contribution in [0, 0.1) is 0 Å². The van der Waals surface area contributed by atoms with Gasteiger partial charge in [0.05, 0.1) is 13.4 Å². The largest absolute Gasteiger partial charge is 0.495 e. The van der Waals surface area contributed by atoms with Gasteiger partial charge in [-0.05, 0) is 24.6 Å². The molecule has 2 aromatic rings. The van der Waals surface area contributed by atoms with Crippen molar-refractivity contribution in [2.24, 2.45) is 5.73 Å². The van der Waals surface area contributed by atoms with Crippen molar-refractivity contribution in [1.82, 2.24) is 0 Å². The number of methoxy groups -OCH3 is 1. The molecule has 0 aliphatic carbocycles. The molecule has 0 saturated carbocycles. The standard InChI is InChI=1S/C12H14ClNO2/c1-7(6-14)9-5-8-3-4-16-11(8)10(13)12(9)15-2/h3-5,7H,6,14H2,1-2H3. The summed E-state index contributed by atoms with van der Waals surface area (Å²) in [5, 5.41) is 1.49. The fraction of sp³-hybridized carbons (Fsp3) is 0.333. The first-order chi connectivity index (χ1) is 7.69. The van der Waals surface area contributed by atoms with E-state index in [1.807, 2.05) is 19.1 Å². The summed E-state index contributed by atoms with van der Waals surface area (Å²) in [6.45, 7) is 2.59. The molecule has 1 heterocycles. The molecule has 1 aromatic carbocycles. The number of ether oxygens (including phenoxy) is 1. The lowest BCUT2D eigenvalue weighted by molar-refractivity contribution is 0.407. The van der Waals surface area contributed by atoms with E-state index in [2.05, 4.69) is 0 Å². The first-order valence-electron chi connectivity index (χ1n) is 5.12. The van der Waals surface area contributed by atoms with Gasteiger partial charge >= 0.3 is 0 Å². The second-order valence-electron chi connectivity index (χ2n) is 3.79. The van der Waals surface area contributed by atoms with Crippen LogP contribution in [0.25, 0.3) is 11.0 Å². The van der Waals surface area contributed by atoms with Crippen LogP contribution < -0.4 is 10.5 Å². The molecule has 0 bridgehead atoms. The molecule has 86 valence electrons. The number of nitrogens with two attached hydrogens (primary N) is 1. The molecule has 0 spiro atoms. The summed E-state index contributed by atoms with van der Waals surface area (Å²) in [5.74, 6) is 0.855. The average Bonchev–Trinajstić information content (AvgIpc) is 2.76. The summed E-state index contributed by atoms with van der Waals surface area (Å²) in [6, 6.07) is 3.90. The van der Waals surface area contributed by atoms with Crippen molar-refractivity contribution >= 4 is 22.6 Å². The molecule has 4 heteroatoms. The van der Waals surface area contributed by atoms with Gasteiger partial charge in [0.25, 0.3) is 0 Å². The lowest BCUT2D eigenvalue weighted by atomic mass is 9.99. The fourth-order valence-electron chi connectivity index (χ4n) is 1.77. The van der Waals surface area contributed by atoms with Crippen LogP contribution in [0.2, 0.25) is 5.02 Å². The van der Waals surface area contributed by atoms with E-state index >= 15 is 0 Å². The van der Waals surface area contributed by atoms with Crippen molar-refractivity contribution in [3.05, 3.63) is 29.0 Å². The van der Waals surface area contributed by atoms with E-state index in [4.69, 9.17) is 26.5 Å². The number of halogens is 1. The first kappa shape index (κ1) is 11.3. The molecule has 0 radical (unpaired) electrons. The summed E-state index contributed by atoms with van der Waals surface area (Å²) in [5.41, 5.74) is 7.35. The molecule has 16 heavy (non-hydrogen) atoms. The van der Waals surface area contributed by atoms with Crippen molar-refractivity contribution in [2.75, 3.05) is 13.7 Å². The SMILES string of the molecule is COc1c(C(C)CN)cc2ccoc2c1Cl. The van der Waals surface area contributed by atoms with Gasteiger partial charge in [-0.1, -0.05) is 18.5 Å². The zero-order valence-corrected chi connectivity index (χ0v) is 10.0. The summed E-state index contributed by atoms with van der Waals surface area (Å²) in [6.07, 6.45) is 1.62. The number of benzene rings is 1. The van der Waals surface area contributed by atoms with Gasteiger partial charge in [0.2, 0.25) is 0 Å². The maximum atomic E-state index is 6.23. The minimum Gasteiger partial charge on any atom is -0.495 e. The normalized spacial score (nSPS) is 13.0. The van der Waals surface area contributed by atoms with Gasteiger partial charge in [-0.15, -0.1) is 0 Å². The number of hydrogen-bond acceptors (Lipinski definition) is 3. The monoisotopic (exact) mass is 239 g/mol. The Morgan fingerprint density at radius 2 is 2.31 bits per heavy atom. The van der Waals surface area contributed by atoms with E-state index < -0.39 is 0 Å². The molecule has 0 saturated heterocycles. The third-order valence-corrected chi connectivity index (χ3v) is 3.10. The minimum absolute atomic E-state index is 0.201. The van der Waals surface area contributed by atoms with Gasteiger partial charge in [0.15, 0.2) is 5.58 Å². The van der Waals surface area contributed by atoms with Gasteiger partial charge < -0.3 is 14.9 Å². The minimum atomic E-state index is 0.201. The highest BCUT2D eigenvalue weighted by molar-refractivity contribution is 6.36. The van der Waals surface area contributed by atoms with Gasteiger partial charge in [-0.2, -0.15) is 0 Å². The predicted molar refractivity (Wildman–Crippen MR) is 65.2 cm³/mol. The molecule has 1 unspecified atom stereocenters. The Morgan fingerprint density at radius 3 is 2.94 bits per heavy atom. The third kappa shape index (κ3) is 1.66. The molecular formula is C12H14ClNO2. The van der Waals surface area contributed by atoms with E-state index in [-0.39, 0.29) is 5.92 Å². The third-order valence-electron chi connectivity index (χ3n) is 2.76. The van der Waals surface area contributed by atoms with Crippen LogP contribution in [0.3, 0.4) is 0 Å². The highest BCUT2D eigenvalue weighted by Gasteiger charge is 2.18. The Balaban J connectivity index is 2.71. The van der Waals surface area contributed by atoms with Crippen LogP contribution in [-0.4, -0.2) is 13.7 Å². The Kier molecular flexibility index (Phi) is 3.08. The zero-order valence-electron chi connectivity index (χ0n) is 9.29. The molecule has 2 N–H and O–H groups in total. The number of furan rings is 1. The predicted octanol–water partition coefficient (Wildman–Crippen LogP) is 3.16. The Morgan fingerprint density at radius 1 is 1.56 bits per heavy atom. The molecule has 0 fully saturated rings. The summed E-state index contributed by atoms with van der Waals surface area (Å²) < 4.78 is 10.6. The molecule has 0 amide bonds. The quantitative estimate of drug-likeness (QED) is 0.895. The topological polar surface area (TPSA) is 48.4 Å². The number of rotatable bonds is 3. The maximum absolute atomic E-state index is 6.23. The van der Waals surface area contributed by atoms with Gasteiger partial charge in [0.1, 0.15) is 10.8 Å². The van der Waals surface area contributed by atoms with Crippen LogP contribution in [0.15, 0.2) is 22.8 Å². The summed E-state index contributed by atoms with van der Waals surface area (Å²) in [4.78, 5) is 0. The van der Waals surface area contributed by atoms with Gasteiger partial charge in [-0.3, -0.25) is 0 Å². The van der Waals surface area contributed by atoms with Crippen molar-refractivity contribution in [3.8, 4) is 5.75 Å². The molecule has 1 atom stereocenters. The Hall–Kier alpha value is -1.19. The van der Waals surface area contributed by atoms with Crippen molar-refractivity contribution in [3.63, 3.8) is 0 Å². The van der Waals surface area contributed by atoms with E-state index in [0.717, 1.165) is 10.9 Å². The summed E-state index contributed by atoms with van der Waals surface area (Å²) >= 11 is 6.23. The van der Waals surface area contributed by atoms with Crippen LogP contribution in [0.1, 0.15) is 18.4 Å². The first-order valence-corrected chi connectivity index (χ1v) is 5.50. The molecule has 0 aliphatic heterocycles. The fourth-order valence-corrected chi connectivity index (χ4v) is 2.11. The smallest absolute Gasteiger partial charge is 0.156 e. The molecule has 2 rings (SSSR count). The lowest BCUT2D eigenvalue weighted by Crippen LogP contribution is -2.10. The lowest BCUT2D eigenvalue weighted by Gasteiger charge is -2.15. The van der Waals surface area contributed by atoms with Crippen LogP contribution in [-0.2, 0) is 0 Å². The van der Waals surface area contributed by atoms with Crippen LogP contribution in [0.4, 0.5) is 0 Å².